The van der Waals surface area contributed by atoms with Crippen LogP contribution in [0.15, 0.2) is 170 Å². The highest BCUT2D eigenvalue weighted by Crippen LogP contribution is 2.43. The minimum Gasteiger partial charge on any atom is -0.310 e. The number of benzene rings is 8. The average molecular weight is 1060 g/mol. The third-order valence-corrected chi connectivity index (χ3v) is 21.5. The number of hydrogen-bond donors (Lipinski definition) is 0. The van der Waals surface area contributed by atoms with E-state index in [0.717, 1.165) is 11.4 Å². The first-order valence-corrected chi connectivity index (χ1v) is 31.1. The molecule has 8 aromatic carbocycles. The summed E-state index contributed by atoms with van der Waals surface area (Å²) >= 11 is 0. The molecule has 3 heteroatoms. The fourth-order valence-corrected chi connectivity index (χ4v) is 16.1. The third kappa shape index (κ3) is 12.0. The van der Waals surface area contributed by atoms with Crippen molar-refractivity contribution < 1.29 is 0 Å². The highest BCUT2D eigenvalue weighted by Gasteiger charge is 2.42. The maximum absolute atomic E-state index is 3.09. The van der Waals surface area contributed by atoms with Gasteiger partial charge in [0.25, 0.3) is 0 Å². The molecule has 0 fully saturated rings. The first-order chi connectivity index (χ1) is 36.6. The van der Waals surface area contributed by atoms with Gasteiger partial charge in [-0.1, -0.05) is 246 Å². The minimum atomic E-state index is -3.09. The van der Waals surface area contributed by atoms with Crippen LogP contribution in [0.5, 0.6) is 0 Å². The summed E-state index contributed by atoms with van der Waals surface area (Å²) in [6.07, 6.45) is 0. The Morgan fingerprint density at radius 2 is 0.405 bits per heavy atom. The molecule has 0 saturated carbocycles. The van der Waals surface area contributed by atoms with E-state index in [-0.39, 0.29) is 32.5 Å². The van der Waals surface area contributed by atoms with Gasteiger partial charge in [0, 0.05) is 34.1 Å². The van der Waals surface area contributed by atoms with E-state index in [1.54, 1.807) is 0 Å². The third-order valence-electron chi connectivity index (χ3n) is 16.7. The first-order valence-electron chi connectivity index (χ1n) is 29.1. The minimum absolute atomic E-state index is 0.00613. The van der Waals surface area contributed by atoms with E-state index in [0.29, 0.717) is 0 Å². The van der Waals surface area contributed by atoms with Gasteiger partial charge in [0.05, 0.1) is 0 Å². The van der Waals surface area contributed by atoms with Crippen LogP contribution < -0.4 is 30.5 Å². The van der Waals surface area contributed by atoms with Crippen molar-refractivity contribution in [2.24, 2.45) is 0 Å². The molecule has 2 nitrogen and oxygen atoms in total. The van der Waals surface area contributed by atoms with E-state index in [9.17, 15) is 0 Å². The zero-order chi connectivity index (χ0) is 58.0. The quantitative estimate of drug-likeness (QED) is 0.0995. The molecule has 0 aliphatic carbocycles. The van der Waals surface area contributed by atoms with Gasteiger partial charge in [-0.3, -0.25) is 0 Å². The van der Waals surface area contributed by atoms with Gasteiger partial charge in [-0.05, 0) is 185 Å². The molecule has 0 spiro atoms. The predicted molar refractivity (Wildman–Crippen MR) is 351 cm³/mol. The highest BCUT2D eigenvalue weighted by molar-refractivity contribution is 7.19. The molecule has 412 valence electrons. The second-order valence-electron chi connectivity index (χ2n) is 29.2. The fourth-order valence-electron chi connectivity index (χ4n) is 11.5. The Morgan fingerprint density at radius 3 is 0.582 bits per heavy atom. The van der Waals surface area contributed by atoms with Crippen molar-refractivity contribution >= 4 is 62.9 Å². The van der Waals surface area contributed by atoms with Crippen LogP contribution in [0.25, 0.3) is 0 Å². The van der Waals surface area contributed by atoms with Crippen molar-refractivity contribution in [1.82, 2.24) is 0 Å². The summed E-state index contributed by atoms with van der Waals surface area (Å²) < 4.78 is 0. The van der Waals surface area contributed by atoms with Crippen LogP contribution in [-0.4, -0.2) is 8.07 Å². The molecule has 0 aliphatic heterocycles. The molecule has 0 unspecified atom stereocenters. The number of aryl methyl sites for hydroxylation is 4. The Kier molecular flexibility index (Phi) is 15.8. The zero-order valence-corrected chi connectivity index (χ0v) is 53.6. The van der Waals surface area contributed by atoms with Crippen molar-refractivity contribution in [3.63, 3.8) is 0 Å². The molecule has 0 saturated heterocycles. The summed E-state index contributed by atoms with van der Waals surface area (Å²) in [4.78, 5) is 5.00. The maximum atomic E-state index is 2.50. The van der Waals surface area contributed by atoms with E-state index in [1.807, 2.05) is 0 Å². The molecule has 0 aromatic heterocycles. The van der Waals surface area contributed by atoms with Gasteiger partial charge in [0.2, 0.25) is 0 Å². The molecular weight excluding hydrogens is 969 g/mol. The zero-order valence-electron chi connectivity index (χ0n) is 52.6. The lowest BCUT2D eigenvalue weighted by Crippen LogP contribution is -2.74. The van der Waals surface area contributed by atoms with Crippen LogP contribution in [0.4, 0.5) is 34.1 Å². The molecule has 0 heterocycles. The Bertz CT molecular complexity index is 3080. The number of hydrogen-bond acceptors (Lipinski definition) is 2. The SMILES string of the molecule is Cc1cc(C(C)(C)C)ccc1N(c1ccc([Si](c2ccc(N(c3ccc(C(C)(C)C)cc3C)c3ccc(C(C)(C)C)cc3C)cc2)(c2ccc(C(C)(C)C)cc2)c2ccc(C(C)(C)C)cc2)cc1)c1ccc(C(C)(C)C)cc1C. The monoisotopic (exact) mass is 1060 g/mol. The Hall–Kier alpha value is -6.42. The molecule has 0 amide bonds. The van der Waals surface area contributed by atoms with Crippen molar-refractivity contribution in [2.75, 3.05) is 9.80 Å². The Morgan fingerprint density at radius 1 is 0.228 bits per heavy atom. The van der Waals surface area contributed by atoms with Gasteiger partial charge in [-0.15, -0.1) is 0 Å². The van der Waals surface area contributed by atoms with Crippen LogP contribution >= 0.6 is 0 Å². The van der Waals surface area contributed by atoms with Gasteiger partial charge in [0.15, 0.2) is 8.07 Å². The van der Waals surface area contributed by atoms with Gasteiger partial charge in [-0.25, -0.2) is 0 Å². The molecule has 79 heavy (non-hydrogen) atoms. The molecule has 0 atom stereocenters. The second kappa shape index (κ2) is 21.2. The Labute approximate surface area is 480 Å². The van der Waals surface area contributed by atoms with E-state index in [2.05, 4.69) is 332 Å². The van der Waals surface area contributed by atoms with Gasteiger partial charge < -0.3 is 9.80 Å². The smallest absolute Gasteiger partial charge is 0.179 e. The molecule has 0 N–H and O–H groups in total. The number of nitrogens with zero attached hydrogens (tertiary/aromatic N) is 2. The van der Waals surface area contributed by atoms with Crippen LogP contribution in [0.2, 0.25) is 0 Å². The number of anilines is 6. The summed E-state index contributed by atoms with van der Waals surface area (Å²) in [6.45, 7) is 50.7. The topological polar surface area (TPSA) is 6.48 Å². The van der Waals surface area contributed by atoms with Gasteiger partial charge in [0.1, 0.15) is 0 Å². The van der Waals surface area contributed by atoms with Crippen molar-refractivity contribution in [3.8, 4) is 0 Å². The highest BCUT2D eigenvalue weighted by atomic mass is 28.3. The van der Waals surface area contributed by atoms with Crippen LogP contribution in [0.3, 0.4) is 0 Å². The summed E-state index contributed by atoms with van der Waals surface area (Å²) in [5.74, 6) is 0. The van der Waals surface area contributed by atoms with Crippen LogP contribution in [0.1, 0.15) is 180 Å². The van der Waals surface area contributed by atoms with Crippen LogP contribution in [-0.2, 0) is 32.5 Å². The largest absolute Gasteiger partial charge is 0.310 e. The summed E-state index contributed by atoms with van der Waals surface area (Å²) in [6, 6.07) is 67.3. The van der Waals surface area contributed by atoms with Crippen molar-refractivity contribution in [3.05, 3.63) is 225 Å². The van der Waals surface area contributed by atoms with E-state index in [1.165, 1.54) is 99.1 Å². The van der Waals surface area contributed by atoms with Crippen LogP contribution in [0, 0.1) is 27.7 Å². The van der Waals surface area contributed by atoms with Crippen molar-refractivity contribution in [1.29, 1.82) is 0 Å². The molecule has 8 aromatic rings. The van der Waals surface area contributed by atoms with E-state index >= 15 is 0 Å². The van der Waals surface area contributed by atoms with Gasteiger partial charge in [-0.2, -0.15) is 0 Å². The molecule has 0 radical (unpaired) electrons. The van der Waals surface area contributed by atoms with Gasteiger partial charge >= 0.3 is 0 Å². The summed E-state index contributed by atoms with van der Waals surface area (Å²) in [7, 11) is -3.09. The fraction of sp³-hybridized carbons (Fsp3) is 0.368. The lowest BCUT2D eigenvalue weighted by Gasteiger charge is -2.37. The Balaban J connectivity index is 1.40. The second-order valence-corrected chi connectivity index (χ2v) is 33.0. The summed E-state index contributed by atoms with van der Waals surface area (Å²) in [5, 5.41) is 5.41. The van der Waals surface area contributed by atoms with Crippen molar-refractivity contribution in [2.45, 2.75) is 185 Å². The summed E-state index contributed by atoms with van der Waals surface area (Å²) in [5.41, 5.74) is 20.3. The molecule has 8 rings (SSSR count). The molecular formula is C76H94N2Si. The average Bonchev–Trinajstić information content (AvgIpc) is 3.54. The molecule has 0 bridgehead atoms. The van der Waals surface area contributed by atoms with E-state index in [4.69, 9.17) is 0 Å². The lowest BCUT2D eigenvalue weighted by molar-refractivity contribution is 0.589. The standard InChI is InChI=1S/C76H94N2Si/c1-51-47-57(73(11,12)13)27-43-67(51)77(68-44-28-58(48-52(68)2)74(14,15)16)61-31-39-65(40-32-61)79(63-35-23-55(24-36-63)71(5,6)7,64-37-25-56(26-38-64)72(8,9)10)66-41-33-62(34-42-66)78(69-45-29-59(49-53(69)3)75(17,18)19)70-46-30-60(50-54(70)4)76(20,21)22/h23-50H,1-22H3. The molecule has 0 aliphatic rings. The lowest BCUT2D eigenvalue weighted by atomic mass is 9.85. The maximum Gasteiger partial charge on any atom is 0.179 e. The first kappa shape index (κ1) is 58.7. The predicted octanol–water partition coefficient (Wildman–Crippen LogP) is 19.0. The normalized spacial score (nSPS) is 12.9. The van der Waals surface area contributed by atoms with E-state index < -0.39 is 8.07 Å². The number of rotatable bonds is 10.